The van der Waals surface area contributed by atoms with Crippen LogP contribution in [0.5, 0.6) is 0 Å². The quantitative estimate of drug-likeness (QED) is 0.841. The third-order valence-electron chi connectivity index (χ3n) is 3.11. The highest BCUT2D eigenvalue weighted by molar-refractivity contribution is 7.91. The highest BCUT2D eigenvalue weighted by Gasteiger charge is 2.17. The molecule has 0 fully saturated rings. The SMILES string of the molecule is CCC(NC(C)CS(=O)(=O)CC)c1ccc(Cl)cc1. The number of halogens is 1. The number of hydrogen-bond acceptors (Lipinski definition) is 3. The van der Waals surface area contributed by atoms with Gasteiger partial charge in [-0.05, 0) is 31.0 Å². The van der Waals surface area contributed by atoms with E-state index in [1.165, 1.54) is 0 Å². The molecule has 0 aromatic heterocycles. The third kappa shape index (κ3) is 5.51. The van der Waals surface area contributed by atoms with Gasteiger partial charge in [0, 0.05) is 22.9 Å². The molecule has 108 valence electrons. The maximum absolute atomic E-state index is 11.6. The van der Waals surface area contributed by atoms with Crippen LogP contribution in [0.4, 0.5) is 0 Å². The van der Waals surface area contributed by atoms with Crippen LogP contribution in [0.3, 0.4) is 0 Å². The predicted octanol–water partition coefficient (Wildman–Crippen LogP) is 3.20. The van der Waals surface area contributed by atoms with Crippen molar-refractivity contribution in [2.45, 2.75) is 39.3 Å². The molecule has 0 saturated carbocycles. The van der Waals surface area contributed by atoms with E-state index in [9.17, 15) is 8.42 Å². The van der Waals surface area contributed by atoms with Crippen LogP contribution in [0, 0.1) is 0 Å². The summed E-state index contributed by atoms with van der Waals surface area (Å²) >= 11 is 5.87. The molecule has 2 unspecified atom stereocenters. The Hall–Kier alpha value is -0.580. The van der Waals surface area contributed by atoms with Crippen molar-refractivity contribution in [3.63, 3.8) is 0 Å². The molecular formula is C14H22ClNO2S. The zero-order valence-electron chi connectivity index (χ0n) is 11.7. The minimum atomic E-state index is -2.95. The van der Waals surface area contributed by atoms with Crippen LogP contribution in [0.15, 0.2) is 24.3 Å². The second-order valence-electron chi connectivity index (χ2n) is 4.78. The Morgan fingerprint density at radius 3 is 2.26 bits per heavy atom. The minimum Gasteiger partial charge on any atom is -0.306 e. The summed E-state index contributed by atoms with van der Waals surface area (Å²) in [6.07, 6.45) is 0.901. The summed E-state index contributed by atoms with van der Waals surface area (Å²) in [6, 6.07) is 7.75. The molecule has 1 aromatic carbocycles. The van der Waals surface area contributed by atoms with Gasteiger partial charge in [0.15, 0.2) is 9.84 Å². The van der Waals surface area contributed by atoms with Crippen molar-refractivity contribution in [2.75, 3.05) is 11.5 Å². The van der Waals surface area contributed by atoms with Crippen LogP contribution in [0.2, 0.25) is 5.02 Å². The number of sulfone groups is 1. The summed E-state index contributed by atoms with van der Waals surface area (Å²) < 4.78 is 23.2. The van der Waals surface area contributed by atoms with E-state index in [1.807, 2.05) is 31.2 Å². The number of hydrogen-bond donors (Lipinski definition) is 1. The number of nitrogens with one attached hydrogen (secondary N) is 1. The molecule has 19 heavy (non-hydrogen) atoms. The normalized spacial score (nSPS) is 15.2. The summed E-state index contributed by atoms with van der Waals surface area (Å²) in [4.78, 5) is 0. The smallest absolute Gasteiger partial charge is 0.151 e. The topological polar surface area (TPSA) is 46.2 Å². The summed E-state index contributed by atoms with van der Waals surface area (Å²) in [5.74, 6) is 0.365. The van der Waals surface area contributed by atoms with Crippen molar-refractivity contribution >= 4 is 21.4 Å². The Bertz CT molecular complexity index is 485. The minimum absolute atomic E-state index is 0.0643. The number of rotatable bonds is 7. The van der Waals surface area contributed by atoms with Crippen molar-refractivity contribution in [3.8, 4) is 0 Å². The average Bonchev–Trinajstić information content (AvgIpc) is 2.36. The van der Waals surface area contributed by atoms with Crippen LogP contribution < -0.4 is 5.32 Å². The standard InChI is InChI=1S/C14H22ClNO2S/c1-4-14(12-6-8-13(15)9-7-12)16-11(3)10-19(17,18)5-2/h6-9,11,14,16H,4-5,10H2,1-3H3. The Morgan fingerprint density at radius 1 is 1.21 bits per heavy atom. The second kappa shape index (κ2) is 7.27. The fourth-order valence-electron chi connectivity index (χ4n) is 2.04. The van der Waals surface area contributed by atoms with Crippen molar-refractivity contribution in [1.82, 2.24) is 5.32 Å². The summed E-state index contributed by atoms with van der Waals surface area (Å²) in [7, 11) is -2.95. The van der Waals surface area contributed by atoms with E-state index in [4.69, 9.17) is 11.6 Å². The molecule has 0 radical (unpaired) electrons. The average molecular weight is 304 g/mol. The van der Waals surface area contributed by atoms with Crippen LogP contribution in [-0.4, -0.2) is 26.0 Å². The first-order valence-electron chi connectivity index (χ1n) is 6.60. The van der Waals surface area contributed by atoms with E-state index in [1.54, 1.807) is 6.92 Å². The van der Waals surface area contributed by atoms with Crippen LogP contribution >= 0.6 is 11.6 Å². The van der Waals surface area contributed by atoms with E-state index in [2.05, 4.69) is 12.2 Å². The van der Waals surface area contributed by atoms with Crippen molar-refractivity contribution in [1.29, 1.82) is 0 Å². The van der Waals surface area contributed by atoms with E-state index >= 15 is 0 Å². The Kier molecular flexibility index (Phi) is 6.30. The molecule has 1 aromatic rings. The van der Waals surface area contributed by atoms with Gasteiger partial charge in [-0.3, -0.25) is 0 Å². The summed E-state index contributed by atoms with van der Waals surface area (Å²) in [5, 5.41) is 4.08. The molecule has 2 atom stereocenters. The monoisotopic (exact) mass is 303 g/mol. The van der Waals surface area contributed by atoms with Gasteiger partial charge in [0.2, 0.25) is 0 Å². The van der Waals surface area contributed by atoms with E-state index < -0.39 is 9.84 Å². The van der Waals surface area contributed by atoms with Crippen molar-refractivity contribution in [3.05, 3.63) is 34.9 Å². The first-order valence-corrected chi connectivity index (χ1v) is 8.79. The van der Waals surface area contributed by atoms with Crippen molar-refractivity contribution < 1.29 is 8.42 Å². The molecular weight excluding hydrogens is 282 g/mol. The Balaban J connectivity index is 2.69. The van der Waals surface area contributed by atoms with Gasteiger partial charge >= 0.3 is 0 Å². The van der Waals surface area contributed by atoms with Gasteiger partial charge in [-0.2, -0.15) is 0 Å². The van der Waals surface area contributed by atoms with Gasteiger partial charge in [0.1, 0.15) is 0 Å². The highest BCUT2D eigenvalue weighted by atomic mass is 35.5. The van der Waals surface area contributed by atoms with Crippen molar-refractivity contribution in [2.24, 2.45) is 0 Å². The molecule has 0 spiro atoms. The van der Waals surface area contributed by atoms with Gasteiger partial charge in [0.25, 0.3) is 0 Å². The van der Waals surface area contributed by atoms with Crippen LogP contribution in [0.1, 0.15) is 38.8 Å². The van der Waals surface area contributed by atoms with Gasteiger partial charge in [0.05, 0.1) is 5.75 Å². The molecule has 0 aliphatic rings. The molecule has 1 rings (SSSR count). The van der Waals surface area contributed by atoms with Gasteiger partial charge in [-0.15, -0.1) is 0 Å². The molecule has 5 heteroatoms. The lowest BCUT2D eigenvalue weighted by Gasteiger charge is -2.22. The molecule has 0 aliphatic carbocycles. The fourth-order valence-corrected chi connectivity index (χ4v) is 3.25. The first kappa shape index (κ1) is 16.5. The molecule has 3 nitrogen and oxygen atoms in total. The predicted molar refractivity (Wildman–Crippen MR) is 81.4 cm³/mol. The lowest BCUT2D eigenvalue weighted by atomic mass is 10.0. The van der Waals surface area contributed by atoms with E-state index in [0.29, 0.717) is 5.02 Å². The Morgan fingerprint density at radius 2 is 1.79 bits per heavy atom. The molecule has 0 heterocycles. The summed E-state index contributed by atoms with van der Waals surface area (Å²) in [6.45, 7) is 5.66. The molecule has 0 amide bonds. The van der Waals surface area contributed by atoms with Crippen LogP contribution in [-0.2, 0) is 9.84 Å². The largest absolute Gasteiger partial charge is 0.306 e. The highest BCUT2D eigenvalue weighted by Crippen LogP contribution is 2.19. The van der Waals surface area contributed by atoms with E-state index in [-0.39, 0.29) is 23.6 Å². The molecule has 0 saturated heterocycles. The maximum Gasteiger partial charge on any atom is 0.151 e. The number of benzene rings is 1. The zero-order chi connectivity index (χ0) is 14.5. The maximum atomic E-state index is 11.6. The van der Waals surface area contributed by atoms with Gasteiger partial charge < -0.3 is 5.32 Å². The summed E-state index contributed by atoms with van der Waals surface area (Å²) in [5.41, 5.74) is 1.13. The lowest BCUT2D eigenvalue weighted by Crippen LogP contribution is -2.36. The molecule has 0 aliphatic heterocycles. The van der Waals surface area contributed by atoms with Gasteiger partial charge in [-0.1, -0.05) is 37.6 Å². The molecule has 1 N–H and O–H groups in total. The van der Waals surface area contributed by atoms with Crippen LogP contribution in [0.25, 0.3) is 0 Å². The fraction of sp³-hybridized carbons (Fsp3) is 0.571. The zero-order valence-corrected chi connectivity index (χ0v) is 13.3. The Labute approximate surface area is 121 Å². The third-order valence-corrected chi connectivity index (χ3v) is 5.25. The molecule has 0 bridgehead atoms. The van der Waals surface area contributed by atoms with E-state index in [0.717, 1.165) is 12.0 Å². The van der Waals surface area contributed by atoms with Gasteiger partial charge in [-0.25, -0.2) is 8.42 Å². The second-order valence-corrected chi connectivity index (χ2v) is 7.61. The lowest BCUT2D eigenvalue weighted by molar-refractivity contribution is 0.463. The first-order chi connectivity index (χ1) is 8.88.